The standard InChI is InChI=1S/C17H17Cl3N2O3S/c1-22(9-11-4-3-5-14(19)17(11)20)10-16(23)21-15-8-12(26(2,24)25)6-7-13(15)18/h3-8H,9-10H2,1-2H3,(H,21,23). The third-order valence-electron chi connectivity index (χ3n) is 3.53. The number of nitrogens with zero attached hydrogens (tertiary/aromatic N) is 1. The first kappa shape index (κ1) is 21.0. The maximum Gasteiger partial charge on any atom is 0.238 e. The number of benzene rings is 2. The quantitative estimate of drug-likeness (QED) is 0.741. The molecule has 5 nitrogen and oxygen atoms in total. The Morgan fingerprint density at radius 3 is 2.46 bits per heavy atom. The van der Waals surface area contributed by atoms with Crippen molar-refractivity contribution >= 4 is 56.2 Å². The summed E-state index contributed by atoms with van der Waals surface area (Å²) >= 11 is 18.2. The van der Waals surface area contributed by atoms with E-state index in [1.165, 1.54) is 18.2 Å². The summed E-state index contributed by atoms with van der Waals surface area (Å²) in [7, 11) is -1.64. The van der Waals surface area contributed by atoms with Gasteiger partial charge >= 0.3 is 0 Å². The lowest BCUT2D eigenvalue weighted by molar-refractivity contribution is -0.117. The summed E-state index contributed by atoms with van der Waals surface area (Å²) in [5.41, 5.74) is 1.04. The Bertz CT molecular complexity index is 933. The molecule has 0 saturated carbocycles. The smallest absolute Gasteiger partial charge is 0.238 e. The molecule has 0 heterocycles. The van der Waals surface area contributed by atoms with Crippen LogP contribution >= 0.6 is 34.8 Å². The Labute approximate surface area is 167 Å². The van der Waals surface area contributed by atoms with E-state index in [0.717, 1.165) is 11.8 Å². The number of hydrogen-bond acceptors (Lipinski definition) is 4. The van der Waals surface area contributed by atoms with E-state index in [-0.39, 0.29) is 28.1 Å². The highest BCUT2D eigenvalue weighted by atomic mass is 35.5. The summed E-state index contributed by atoms with van der Waals surface area (Å²) in [5, 5.41) is 3.78. The van der Waals surface area contributed by atoms with Crippen LogP contribution in [0.15, 0.2) is 41.3 Å². The molecule has 0 aliphatic carbocycles. The molecular formula is C17H17Cl3N2O3S. The van der Waals surface area contributed by atoms with Crippen molar-refractivity contribution in [3.05, 3.63) is 57.0 Å². The molecule has 140 valence electrons. The minimum absolute atomic E-state index is 0.0578. The lowest BCUT2D eigenvalue weighted by atomic mass is 10.2. The lowest BCUT2D eigenvalue weighted by Gasteiger charge is -2.18. The lowest BCUT2D eigenvalue weighted by Crippen LogP contribution is -2.30. The van der Waals surface area contributed by atoms with Crippen molar-refractivity contribution in [2.45, 2.75) is 11.4 Å². The molecule has 0 radical (unpaired) electrons. The van der Waals surface area contributed by atoms with Crippen LogP contribution in [0.1, 0.15) is 5.56 Å². The largest absolute Gasteiger partial charge is 0.324 e. The number of rotatable bonds is 6. The molecule has 0 aliphatic rings. The highest BCUT2D eigenvalue weighted by Gasteiger charge is 2.14. The van der Waals surface area contributed by atoms with Gasteiger partial charge in [-0.25, -0.2) is 8.42 Å². The summed E-state index contributed by atoms with van der Waals surface area (Å²) in [6.45, 7) is 0.478. The van der Waals surface area contributed by atoms with Crippen LogP contribution in [0.2, 0.25) is 15.1 Å². The minimum atomic E-state index is -3.40. The second-order valence-electron chi connectivity index (χ2n) is 5.85. The molecule has 0 aromatic heterocycles. The SMILES string of the molecule is CN(CC(=O)Nc1cc(S(C)(=O)=O)ccc1Cl)Cc1cccc(Cl)c1Cl. The number of nitrogens with one attached hydrogen (secondary N) is 1. The van der Waals surface area contributed by atoms with E-state index in [1.54, 1.807) is 24.1 Å². The molecule has 2 aromatic rings. The number of likely N-dealkylation sites (N-methyl/N-ethyl adjacent to an activating group) is 1. The van der Waals surface area contributed by atoms with Crippen molar-refractivity contribution in [1.29, 1.82) is 0 Å². The van der Waals surface area contributed by atoms with Crippen LogP contribution in [0, 0.1) is 0 Å². The van der Waals surface area contributed by atoms with Crippen LogP contribution in [0.5, 0.6) is 0 Å². The molecule has 2 aromatic carbocycles. The average Bonchev–Trinajstić information content (AvgIpc) is 2.52. The van der Waals surface area contributed by atoms with Gasteiger partial charge in [0.15, 0.2) is 9.84 Å². The van der Waals surface area contributed by atoms with Crippen molar-refractivity contribution in [3.63, 3.8) is 0 Å². The first-order valence-corrected chi connectivity index (χ1v) is 10.5. The Hall–Kier alpha value is -1.31. The third-order valence-corrected chi connectivity index (χ3v) is 5.82. The molecule has 9 heteroatoms. The molecule has 0 spiro atoms. The van der Waals surface area contributed by atoms with E-state index >= 15 is 0 Å². The van der Waals surface area contributed by atoms with Crippen LogP contribution in [0.3, 0.4) is 0 Å². The van der Waals surface area contributed by atoms with E-state index in [1.807, 2.05) is 6.07 Å². The molecule has 0 aliphatic heterocycles. The van der Waals surface area contributed by atoms with Gasteiger partial charge in [-0.3, -0.25) is 9.69 Å². The fourth-order valence-corrected chi connectivity index (χ4v) is 3.47. The third kappa shape index (κ3) is 5.59. The van der Waals surface area contributed by atoms with E-state index in [2.05, 4.69) is 5.32 Å². The van der Waals surface area contributed by atoms with Crippen LogP contribution in [0.4, 0.5) is 5.69 Å². The zero-order valence-corrected chi connectivity index (χ0v) is 17.2. The van der Waals surface area contributed by atoms with Gasteiger partial charge in [-0.05, 0) is 36.9 Å². The first-order chi connectivity index (χ1) is 12.1. The number of anilines is 1. The normalized spacial score (nSPS) is 11.6. The fourth-order valence-electron chi connectivity index (χ4n) is 2.28. The van der Waals surface area contributed by atoms with Crippen molar-refractivity contribution in [3.8, 4) is 0 Å². The van der Waals surface area contributed by atoms with Crippen molar-refractivity contribution in [2.24, 2.45) is 0 Å². The molecule has 0 atom stereocenters. The predicted molar refractivity (Wildman–Crippen MR) is 106 cm³/mol. The molecule has 0 saturated heterocycles. The van der Waals surface area contributed by atoms with Crippen LogP contribution in [-0.2, 0) is 21.2 Å². The topological polar surface area (TPSA) is 66.5 Å². The summed E-state index contributed by atoms with van der Waals surface area (Å²) < 4.78 is 23.3. The number of halogens is 3. The van der Waals surface area contributed by atoms with Gasteiger partial charge in [-0.2, -0.15) is 0 Å². The molecule has 0 fully saturated rings. The van der Waals surface area contributed by atoms with Gasteiger partial charge in [-0.1, -0.05) is 46.9 Å². The molecule has 1 amide bonds. The number of hydrogen-bond donors (Lipinski definition) is 1. The molecule has 0 bridgehead atoms. The molecule has 2 rings (SSSR count). The van der Waals surface area contributed by atoms with Crippen molar-refractivity contribution in [1.82, 2.24) is 4.90 Å². The second kappa shape index (κ2) is 8.59. The van der Waals surface area contributed by atoms with Crippen LogP contribution in [0.25, 0.3) is 0 Å². The van der Waals surface area contributed by atoms with Gasteiger partial charge < -0.3 is 5.32 Å². The maximum absolute atomic E-state index is 12.3. The van der Waals surface area contributed by atoms with E-state index in [0.29, 0.717) is 16.6 Å². The van der Waals surface area contributed by atoms with Gasteiger partial charge in [-0.15, -0.1) is 0 Å². The van der Waals surface area contributed by atoms with Gasteiger partial charge in [0.05, 0.1) is 32.2 Å². The number of carbonyl (C=O) groups excluding carboxylic acids is 1. The van der Waals surface area contributed by atoms with E-state index < -0.39 is 9.84 Å². The van der Waals surface area contributed by atoms with E-state index in [9.17, 15) is 13.2 Å². The Morgan fingerprint density at radius 1 is 1.12 bits per heavy atom. The van der Waals surface area contributed by atoms with Gasteiger partial charge in [0.25, 0.3) is 0 Å². The fraction of sp³-hybridized carbons (Fsp3) is 0.235. The maximum atomic E-state index is 12.3. The highest BCUT2D eigenvalue weighted by Crippen LogP contribution is 2.27. The molecule has 26 heavy (non-hydrogen) atoms. The summed E-state index contributed by atoms with van der Waals surface area (Å²) in [6, 6.07) is 9.47. The average molecular weight is 436 g/mol. The van der Waals surface area contributed by atoms with Gasteiger partial charge in [0.2, 0.25) is 5.91 Å². The van der Waals surface area contributed by atoms with Crippen molar-refractivity contribution < 1.29 is 13.2 Å². The summed E-state index contributed by atoms with van der Waals surface area (Å²) in [4.78, 5) is 14.1. The van der Waals surface area contributed by atoms with Gasteiger partial charge in [0.1, 0.15) is 0 Å². The predicted octanol–water partition coefficient (Wildman–Crippen LogP) is 4.12. The minimum Gasteiger partial charge on any atom is -0.324 e. The molecular weight excluding hydrogens is 419 g/mol. The zero-order chi connectivity index (χ0) is 19.5. The van der Waals surface area contributed by atoms with Gasteiger partial charge in [0, 0.05) is 12.8 Å². The van der Waals surface area contributed by atoms with Crippen molar-refractivity contribution in [2.75, 3.05) is 25.2 Å². The molecule has 1 N–H and O–H groups in total. The number of sulfone groups is 1. The zero-order valence-electron chi connectivity index (χ0n) is 14.1. The number of amides is 1. The Balaban J connectivity index is 2.05. The summed E-state index contributed by atoms with van der Waals surface area (Å²) in [6.07, 6.45) is 1.09. The van der Waals surface area contributed by atoms with E-state index in [4.69, 9.17) is 34.8 Å². The van der Waals surface area contributed by atoms with Crippen LogP contribution < -0.4 is 5.32 Å². The Kier molecular flexibility index (Phi) is 6.93. The second-order valence-corrected chi connectivity index (χ2v) is 9.06. The number of carbonyl (C=O) groups is 1. The van der Waals surface area contributed by atoms with Crippen LogP contribution in [-0.4, -0.2) is 39.1 Å². The highest BCUT2D eigenvalue weighted by molar-refractivity contribution is 7.90. The molecule has 0 unspecified atom stereocenters. The Morgan fingerprint density at radius 2 is 1.81 bits per heavy atom. The first-order valence-electron chi connectivity index (χ1n) is 7.49. The summed E-state index contributed by atoms with van der Waals surface area (Å²) in [5.74, 6) is -0.335. The monoisotopic (exact) mass is 434 g/mol.